The molecule has 6 heterocycles. The maximum absolute atomic E-state index is 12.9. The number of nitrogens with zero attached hydrogens (tertiary/aromatic N) is 5. The van der Waals surface area contributed by atoms with Crippen molar-refractivity contribution in [2.24, 2.45) is 0 Å². The zero-order valence-corrected chi connectivity index (χ0v) is 21.5. The summed E-state index contributed by atoms with van der Waals surface area (Å²) in [7, 11) is 0. The fourth-order valence-electron chi connectivity index (χ4n) is 6.99. The fourth-order valence-corrected chi connectivity index (χ4v) is 6.99. The Hall–Kier alpha value is -2.13. The molecular formula is C26H40N6O3. The molecule has 35 heavy (non-hydrogen) atoms. The van der Waals surface area contributed by atoms with E-state index in [-0.39, 0.29) is 23.7 Å². The first-order valence-corrected chi connectivity index (χ1v) is 13.6. The smallest absolute Gasteiger partial charge is 0.410 e. The van der Waals surface area contributed by atoms with Crippen LogP contribution in [0.25, 0.3) is 0 Å². The van der Waals surface area contributed by atoms with Gasteiger partial charge in [-0.15, -0.1) is 0 Å². The van der Waals surface area contributed by atoms with Crippen LogP contribution in [0.2, 0.25) is 0 Å². The molecule has 1 amide bonds. The van der Waals surface area contributed by atoms with Crippen molar-refractivity contribution >= 4 is 11.9 Å². The number of rotatable bonds is 4. The minimum atomic E-state index is -0.480. The van der Waals surface area contributed by atoms with Crippen LogP contribution in [0.1, 0.15) is 70.6 Å². The predicted molar refractivity (Wildman–Crippen MR) is 133 cm³/mol. The lowest BCUT2D eigenvalue weighted by atomic mass is 9.95. The fraction of sp³-hybridized carbons (Fsp3) is 0.808. The van der Waals surface area contributed by atoms with E-state index in [0.717, 1.165) is 57.0 Å². The highest BCUT2D eigenvalue weighted by Gasteiger charge is 2.46. The Kier molecular flexibility index (Phi) is 5.83. The zero-order chi connectivity index (χ0) is 24.2. The number of fused-ring (bicyclic) bond motifs is 4. The highest BCUT2D eigenvalue weighted by Crippen LogP contribution is 2.40. The molecule has 9 heteroatoms. The molecule has 5 aliphatic heterocycles. The summed E-state index contributed by atoms with van der Waals surface area (Å²) in [6.45, 7) is 12.1. The third-order valence-electron chi connectivity index (χ3n) is 8.56. The molecule has 2 bridgehead atoms. The van der Waals surface area contributed by atoms with Crippen molar-refractivity contribution in [3.8, 4) is 6.01 Å². The van der Waals surface area contributed by atoms with Gasteiger partial charge in [0.05, 0.1) is 23.3 Å². The Morgan fingerprint density at radius 3 is 2.51 bits per heavy atom. The number of amides is 1. The second-order valence-corrected chi connectivity index (χ2v) is 12.1. The molecule has 2 unspecified atom stereocenters. The van der Waals surface area contributed by atoms with Crippen molar-refractivity contribution in [3.05, 3.63) is 11.3 Å². The van der Waals surface area contributed by atoms with Crippen LogP contribution in [-0.4, -0.2) is 88.4 Å². The second-order valence-electron chi connectivity index (χ2n) is 12.1. The molecule has 1 aromatic rings. The van der Waals surface area contributed by atoms with Crippen LogP contribution in [0.3, 0.4) is 0 Å². The standard InChI is InChI=1S/C26H40N6O3/c1-25(2,3)35-24(33)32-18-6-7-19(32)16-30(15-18)22-20-8-11-27-14-21(20)28-23(29-22)34-17-26-9-4-12-31(26)13-5-10-26/h18-19,27H,4-17H2,1-3H3. The van der Waals surface area contributed by atoms with Crippen molar-refractivity contribution in [2.45, 2.75) is 95.5 Å². The number of nitrogens with one attached hydrogen (secondary N) is 1. The predicted octanol–water partition coefficient (Wildman–Crippen LogP) is 2.72. The molecular weight excluding hydrogens is 444 g/mol. The van der Waals surface area contributed by atoms with Gasteiger partial charge in [0.15, 0.2) is 0 Å². The van der Waals surface area contributed by atoms with Crippen molar-refractivity contribution in [1.82, 2.24) is 25.1 Å². The van der Waals surface area contributed by atoms with Gasteiger partial charge in [-0.2, -0.15) is 9.97 Å². The summed E-state index contributed by atoms with van der Waals surface area (Å²) in [6.07, 6.45) is 7.70. The molecule has 0 radical (unpaired) electrons. The summed E-state index contributed by atoms with van der Waals surface area (Å²) < 4.78 is 12.1. The summed E-state index contributed by atoms with van der Waals surface area (Å²) >= 11 is 0. The Morgan fingerprint density at radius 1 is 1.11 bits per heavy atom. The molecule has 4 fully saturated rings. The molecule has 1 aromatic heterocycles. The van der Waals surface area contributed by atoms with Crippen LogP contribution in [0.5, 0.6) is 6.01 Å². The number of piperazine rings is 1. The first kappa shape index (κ1) is 23.3. The van der Waals surface area contributed by atoms with Gasteiger partial charge in [0, 0.05) is 25.2 Å². The van der Waals surface area contributed by atoms with E-state index in [1.54, 1.807) is 0 Å². The summed E-state index contributed by atoms with van der Waals surface area (Å²) in [5.74, 6) is 1.01. The maximum Gasteiger partial charge on any atom is 0.410 e. The molecule has 0 saturated carbocycles. The van der Waals surface area contributed by atoms with E-state index < -0.39 is 5.60 Å². The molecule has 9 nitrogen and oxygen atoms in total. The molecule has 1 N–H and O–H groups in total. The highest BCUT2D eigenvalue weighted by atomic mass is 16.6. The SMILES string of the molecule is CC(C)(C)OC(=O)N1C2CCC1CN(c1nc(OCC34CCCN3CCC4)nc3c1CCNC3)C2. The van der Waals surface area contributed by atoms with Crippen molar-refractivity contribution in [3.63, 3.8) is 0 Å². The van der Waals surface area contributed by atoms with Gasteiger partial charge in [-0.25, -0.2) is 4.79 Å². The van der Waals surface area contributed by atoms with Gasteiger partial charge in [-0.1, -0.05) is 0 Å². The number of hydrogen-bond acceptors (Lipinski definition) is 8. The van der Waals surface area contributed by atoms with Gasteiger partial charge in [0.1, 0.15) is 18.0 Å². The molecule has 192 valence electrons. The monoisotopic (exact) mass is 484 g/mol. The number of anilines is 1. The van der Waals surface area contributed by atoms with Crippen LogP contribution >= 0.6 is 0 Å². The van der Waals surface area contributed by atoms with Gasteiger partial charge < -0.3 is 19.7 Å². The van der Waals surface area contributed by atoms with E-state index >= 15 is 0 Å². The molecule has 0 aliphatic carbocycles. The molecule has 4 saturated heterocycles. The third-order valence-corrected chi connectivity index (χ3v) is 8.56. The van der Waals surface area contributed by atoms with Crippen LogP contribution in [0, 0.1) is 0 Å². The molecule has 0 spiro atoms. The Bertz CT molecular complexity index is 955. The van der Waals surface area contributed by atoms with Crippen molar-refractivity contribution in [1.29, 1.82) is 0 Å². The summed E-state index contributed by atoms with van der Waals surface area (Å²) in [5, 5.41) is 3.46. The van der Waals surface area contributed by atoms with Crippen molar-refractivity contribution in [2.75, 3.05) is 44.2 Å². The summed E-state index contributed by atoms with van der Waals surface area (Å²) in [5.41, 5.74) is 2.00. The number of ether oxygens (including phenoxy) is 2. The topological polar surface area (TPSA) is 83.1 Å². The van der Waals surface area contributed by atoms with Crippen LogP contribution in [0.15, 0.2) is 0 Å². The Balaban J connectivity index is 1.22. The van der Waals surface area contributed by atoms with Crippen LogP contribution in [-0.2, 0) is 17.7 Å². The molecule has 0 aromatic carbocycles. The third kappa shape index (κ3) is 4.35. The van der Waals surface area contributed by atoms with E-state index in [1.807, 2.05) is 25.7 Å². The molecule has 2 atom stereocenters. The van der Waals surface area contributed by atoms with Gasteiger partial charge >= 0.3 is 12.1 Å². The number of hydrogen-bond donors (Lipinski definition) is 1. The van der Waals surface area contributed by atoms with E-state index in [4.69, 9.17) is 19.4 Å². The number of carbonyl (C=O) groups is 1. The van der Waals surface area contributed by atoms with Crippen LogP contribution in [0.4, 0.5) is 10.6 Å². The minimum absolute atomic E-state index is 0.157. The lowest BCUT2D eigenvalue weighted by Crippen LogP contribution is -2.57. The number of carbonyl (C=O) groups excluding carboxylic acids is 1. The van der Waals surface area contributed by atoms with Gasteiger partial charge in [-0.3, -0.25) is 9.80 Å². The largest absolute Gasteiger partial charge is 0.461 e. The normalized spacial score (nSPS) is 27.6. The van der Waals surface area contributed by atoms with Gasteiger partial charge in [-0.05, 0) is 85.4 Å². The quantitative estimate of drug-likeness (QED) is 0.699. The van der Waals surface area contributed by atoms with E-state index in [1.165, 1.54) is 44.3 Å². The zero-order valence-electron chi connectivity index (χ0n) is 21.5. The minimum Gasteiger partial charge on any atom is -0.461 e. The Morgan fingerprint density at radius 2 is 1.83 bits per heavy atom. The first-order chi connectivity index (χ1) is 16.8. The molecule has 5 aliphatic rings. The highest BCUT2D eigenvalue weighted by molar-refractivity contribution is 5.70. The lowest BCUT2D eigenvalue weighted by Gasteiger charge is -2.42. The van der Waals surface area contributed by atoms with Gasteiger partial charge in [0.2, 0.25) is 0 Å². The van der Waals surface area contributed by atoms with E-state index in [9.17, 15) is 4.79 Å². The van der Waals surface area contributed by atoms with Crippen LogP contribution < -0.4 is 15.0 Å². The number of aromatic nitrogens is 2. The summed E-state index contributed by atoms with van der Waals surface area (Å²) in [4.78, 5) is 29.8. The summed E-state index contributed by atoms with van der Waals surface area (Å²) in [6, 6.07) is 0.826. The maximum atomic E-state index is 12.9. The average molecular weight is 485 g/mol. The Labute approximate surface area is 208 Å². The van der Waals surface area contributed by atoms with E-state index in [2.05, 4.69) is 15.1 Å². The van der Waals surface area contributed by atoms with Crippen molar-refractivity contribution < 1.29 is 14.3 Å². The second kappa shape index (κ2) is 8.76. The average Bonchev–Trinajstić information content (AvgIpc) is 3.47. The lowest BCUT2D eigenvalue weighted by molar-refractivity contribution is 0.0122. The van der Waals surface area contributed by atoms with Gasteiger partial charge in [0.25, 0.3) is 0 Å². The van der Waals surface area contributed by atoms with E-state index in [0.29, 0.717) is 12.6 Å². The first-order valence-electron chi connectivity index (χ1n) is 13.6. The molecule has 6 rings (SSSR count).